The highest BCUT2D eigenvalue weighted by atomic mass is 16.6. The predicted octanol–water partition coefficient (Wildman–Crippen LogP) is 2.83. The van der Waals surface area contributed by atoms with Crippen LogP contribution in [0.2, 0.25) is 0 Å². The standard InChI is InChI=1S/C23H30N4O2/c1-16-5-3-6-23(2)14-20-17(13-19(16)23)18(21(28)29-20)15-26-9-11-27(12-10-26)22-24-7-4-8-25-22/h4-5,7-8,13,17-18,20H,3,6,9-12,14-15H2,1-2H3/t17-,18+,20+,23-/m0/s1. The van der Waals surface area contributed by atoms with Crippen LogP contribution in [0.5, 0.6) is 0 Å². The van der Waals surface area contributed by atoms with Crippen molar-refractivity contribution in [2.75, 3.05) is 37.6 Å². The first-order valence-corrected chi connectivity index (χ1v) is 10.9. The number of aromatic nitrogens is 2. The monoisotopic (exact) mass is 394 g/mol. The van der Waals surface area contributed by atoms with Crippen LogP contribution >= 0.6 is 0 Å². The van der Waals surface area contributed by atoms with Gasteiger partial charge in [-0.1, -0.05) is 24.6 Å². The van der Waals surface area contributed by atoms with Gasteiger partial charge in [0.05, 0.1) is 5.92 Å². The molecule has 2 aliphatic carbocycles. The number of rotatable bonds is 3. The van der Waals surface area contributed by atoms with E-state index < -0.39 is 0 Å². The van der Waals surface area contributed by atoms with E-state index in [4.69, 9.17) is 4.74 Å². The quantitative estimate of drug-likeness (QED) is 0.735. The molecule has 0 bridgehead atoms. The number of anilines is 1. The number of hydrogen-bond donors (Lipinski definition) is 0. The van der Waals surface area contributed by atoms with Gasteiger partial charge >= 0.3 is 5.97 Å². The highest BCUT2D eigenvalue weighted by Crippen LogP contribution is 2.52. The van der Waals surface area contributed by atoms with Crippen molar-refractivity contribution in [2.24, 2.45) is 17.3 Å². The lowest BCUT2D eigenvalue weighted by atomic mass is 9.62. The molecule has 2 saturated heterocycles. The number of carbonyl (C=O) groups is 1. The molecule has 0 unspecified atom stereocenters. The topological polar surface area (TPSA) is 58.6 Å². The molecule has 3 heterocycles. The normalized spacial score (nSPS) is 34.8. The zero-order valence-corrected chi connectivity index (χ0v) is 17.4. The van der Waals surface area contributed by atoms with E-state index >= 15 is 0 Å². The van der Waals surface area contributed by atoms with Crippen molar-refractivity contribution in [3.05, 3.63) is 41.8 Å². The van der Waals surface area contributed by atoms with Crippen LogP contribution in [0.25, 0.3) is 0 Å². The van der Waals surface area contributed by atoms with E-state index in [1.807, 2.05) is 6.07 Å². The Kier molecular flexibility index (Phi) is 4.69. The predicted molar refractivity (Wildman–Crippen MR) is 111 cm³/mol. The van der Waals surface area contributed by atoms with Gasteiger partial charge in [0.25, 0.3) is 0 Å². The summed E-state index contributed by atoms with van der Waals surface area (Å²) in [5.74, 6) is 0.951. The van der Waals surface area contributed by atoms with Gasteiger partial charge in [-0.15, -0.1) is 0 Å². The van der Waals surface area contributed by atoms with Gasteiger partial charge in [0.1, 0.15) is 6.10 Å². The Balaban J connectivity index is 1.28. The lowest BCUT2D eigenvalue weighted by molar-refractivity contribution is -0.145. The lowest BCUT2D eigenvalue weighted by Gasteiger charge is -2.43. The number of piperazine rings is 1. The molecule has 4 atom stereocenters. The highest BCUT2D eigenvalue weighted by Gasteiger charge is 2.51. The molecule has 4 aliphatic rings. The van der Waals surface area contributed by atoms with Crippen LogP contribution in [0, 0.1) is 17.3 Å². The summed E-state index contributed by atoms with van der Waals surface area (Å²) in [5.41, 5.74) is 3.02. The van der Waals surface area contributed by atoms with Crippen LogP contribution in [-0.2, 0) is 9.53 Å². The maximum Gasteiger partial charge on any atom is 0.311 e. The van der Waals surface area contributed by atoms with Gasteiger partial charge < -0.3 is 9.64 Å². The summed E-state index contributed by atoms with van der Waals surface area (Å²) in [5, 5.41) is 0. The zero-order chi connectivity index (χ0) is 20.0. The first-order valence-electron chi connectivity index (χ1n) is 10.9. The van der Waals surface area contributed by atoms with Crippen LogP contribution in [0.1, 0.15) is 33.1 Å². The fraction of sp³-hybridized carbons (Fsp3) is 0.609. The van der Waals surface area contributed by atoms with Crippen LogP contribution in [0.4, 0.5) is 5.95 Å². The Morgan fingerprint density at radius 1 is 1.21 bits per heavy atom. The third kappa shape index (κ3) is 3.37. The van der Waals surface area contributed by atoms with Gasteiger partial charge in [0.15, 0.2) is 0 Å². The number of hydrogen-bond acceptors (Lipinski definition) is 6. The zero-order valence-electron chi connectivity index (χ0n) is 17.4. The number of fused-ring (bicyclic) bond motifs is 2. The number of nitrogens with zero attached hydrogens (tertiary/aromatic N) is 4. The van der Waals surface area contributed by atoms with Crippen molar-refractivity contribution in [1.82, 2.24) is 14.9 Å². The molecular weight excluding hydrogens is 364 g/mol. The first-order chi connectivity index (χ1) is 14.0. The minimum Gasteiger partial charge on any atom is -0.461 e. The average Bonchev–Trinajstić information content (AvgIpc) is 3.01. The minimum atomic E-state index is -0.0497. The summed E-state index contributed by atoms with van der Waals surface area (Å²) >= 11 is 0. The summed E-state index contributed by atoms with van der Waals surface area (Å²) < 4.78 is 5.90. The Bertz CT molecular complexity index is 844. The van der Waals surface area contributed by atoms with Crippen LogP contribution in [-0.4, -0.2) is 59.7 Å². The Hall–Kier alpha value is -2.21. The smallest absolute Gasteiger partial charge is 0.311 e. The van der Waals surface area contributed by atoms with Gasteiger partial charge in [0, 0.05) is 51.0 Å². The molecule has 0 N–H and O–H groups in total. The summed E-state index contributed by atoms with van der Waals surface area (Å²) in [4.78, 5) is 26.1. The van der Waals surface area contributed by atoms with Crippen molar-refractivity contribution >= 4 is 11.9 Å². The molecule has 6 heteroatoms. The Morgan fingerprint density at radius 3 is 2.72 bits per heavy atom. The van der Waals surface area contributed by atoms with Gasteiger partial charge in [0.2, 0.25) is 5.95 Å². The van der Waals surface area contributed by atoms with Crippen molar-refractivity contribution < 1.29 is 9.53 Å². The maximum atomic E-state index is 12.8. The van der Waals surface area contributed by atoms with Gasteiger partial charge in [-0.3, -0.25) is 9.69 Å². The second kappa shape index (κ2) is 7.24. The molecule has 0 aromatic carbocycles. The van der Waals surface area contributed by atoms with Crippen LogP contribution in [0.15, 0.2) is 41.8 Å². The van der Waals surface area contributed by atoms with Gasteiger partial charge in [-0.2, -0.15) is 0 Å². The van der Waals surface area contributed by atoms with Crippen LogP contribution in [0.3, 0.4) is 0 Å². The molecule has 0 radical (unpaired) electrons. The van der Waals surface area contributed by atoms with E-state index in [2.05, 4.69) is 45.8 Å². The second-order valence-electron chi connectivity index (χ2n) is 9.27. The van der Waals surface area contributed by atoms with Crippen molar-refractivity contribution in [3.63, 3.8) is 0 Å². The van der Waals surface area contributed by atoms with Crippen molar-refractivity contribution in [3.8, 4) is 0 Å². The molecule has 29 heavy (non-hydrogen) atoms. The number of ether oxygens (including phenoxy) is 1. The molecule has 2 aliphatic heterocycles. The molecular formula is C23H30N4O2. The SMILES string of the molecule is CC1=CCC[C@@]2(C)C[C@H]3OC(=O)[C@H](CN4CCN(c5ncccn5)CC4)[C@@H]3C=C12. The fourth-order valence-electron chi connectivity index (χ4n) is 5.70. The van der Waals surface area contributed by atoms with Gasteiger partial charge in [-0.25, -0.2) is 9.97 Å². The second-order valence-corrected chi connectivity index (χ2v) is 9.27. The largest absolute Gasteiger partial charge is 0.461 e. The van der Waals surface area contributed by atoms with E-state index in [1.54, 1.807) is 12.4 Å². The first kappa shape index (κ1) is 18.8. The van der Waals surface area contributed by atoms with E-state index in [1.165, 1.54) is 11.1 Å². The summed E-state index contributed by atoms with van der Waals surface area (Å²) in [6.07, 6.45) is 11.6. The molecule has 1 aromatic heterocycles. The summed E-state index contributed by atoms with van der Waals surface area (Å²) in [6.45, 7) is 8.98. The number of allylic oxidation sites excluding steroid dienone is 3. The molecule has 154 valence electrons. The van der Waals surface area contributed by atoms with E-state index in [9.17, 15) is 4.79 Å². The third-order valence-corrected chi connectivity index (χ3v) is 7.36. The maximum absolute atomic E-state index is 12.8. The molecule has 0 spiro atoms. The molecule has 5 rings (SSSR count). The molecule has 1 aromatic rings. The molecule has 2 fully saturated rings. The van der Waals surface area contributed by atoms with E-state index in [0.717, 1.165) is 57.9 Å². The van der Waals surface area contributed by atoms with Crippen LogP contribution < -0.4 is 4.90 Å². The van der Waals surface area contributed by atoms with E-state index in [-0.39, 0.29) is 29.3 Å². The number of carbonyl (C=O) groups excluding carboxylic acids is 1. The van der Waals surface area contributed by atoms with Gasteiger partial charge in [-0.05, 0) is 43.2 Å². The highest BCUT2D eigenvalue weighted by molar-refractivity contribution is 5.76. The molecule has 0 amide bonds. The minimum absolute atomic E-state index is 0.00504. The molecule has 0 saturated carbocycles. The van der Waals surface area contributed by atoms with E-state index in [0.29, 0.717) is 0 Å². The summed E-state index contributed by atoms with van der Waals surface area (Å²) in [6, 6.07) is 1.84. The lowest BCUT2D eigenvalue weighted by Crippen LogP contribution is -2.49. The molecule has 6 nitrogen and oxygen atoms in total. The Labute approximate surface area is 172 Å². The Morgan fingerprint density at radius 2 is 1.97 bits per heavy atom. The fourth-order valence-corrected chi connectivity index (χ4v) is 5.70. The van der Waals surface area contributed by atoms with Crippen molar-refractivity contribution in [1.29, 1.82) is 0 Å². The summed E-state index contributed by atoms with van der Waals surface area (Å²) in [7, 11) is 0. The number of esters is 1. The third-order valence-electron chi connectivity index (χ3n) is 7.36. The average molecular weight is 395 g/mol. The van der Waals surface area contributed by atoms with Crippen molar-refractivity contribution in [2.45, 2.75) is 39.2 Å².